The SMILES string of the molecule is CC(C)c1cc(Oc2c(Br)cc(CO[P+](=O)OCc3cc(Br)c(Oc4ccc(O)c(C(C)C)c4)c(Br)c3)cc2Br)ccc1O. The van der Waals surface area contributed by atoms with E-state index < -0.39 is 8.25 Å². The topological polar surface area (TPSA) is 94.5 Å². The summed E-state index contributed by atoms with van der Waals surface area (Å²) >= 11 is 14.2. The summed E-state index contributed by atoms with van der Waals surface area (Å²) in [4.78, 5) is 0. The molecule has 0 aliphatic heterocycles. The fraction of sp³-hybridized carbons (Fsp3) is 0.250. The maximum atomic E-state index is 12.5. The molecule has 232 valence electrons. The Bertz CT molecular complexity index is 1510. The van der Waals surface area contributed by atoms with Gasteiger partial charge in [-0.2, -0.15) is 0 Å². The Kier molecular flexibility index (Phi) is 12.3. The van der Waals surface area contributed by atoms with Gasteiger partial charge in [0, 0.05) is 15.7 Å². The highest BCUT2D eigenvalue weighted by Gasteiger charge is 2.23. The monoisotopic (exact) mass is 873 g/mol. The first kappa shape index (κ1) is 34.9. The van der Waals surface area contributed by atoms with Crippen molar-refractivity contribution in [1.82, 2.24) is 0 Å². The molecule has 12 heteroatoms. The standard InChI is InChI=1S/C32H29Br4O7P/c1-17(2)23-13-21(5-7-29(23)37)42-31-25(33)9-19(10-26(31)34)15-40-44(39)41-16-20-11-27(35)32(28(36)12-20)43-22-6-8-30(38)24(14-22)18(3)4/h5-14,17-18H,15-16H2,1-4H3,(H-,37,38)/p+1. The van der Waals surface area contributed by atoms with Crippen LogP contribution in [-0.4, -0.2) is 10.2 Å². The van der Waals surface area contributed by atoms with E-state index in [-0.39, 0.29) is 36.5 Å². The van der Waals surface area contributed by atoms with Crippen molar-refractivity contribution in [3.05, 3.63) is 101 Å². The number of halogens is 4. The first-order valence-corrected chi connectivity index (χ1v) is 17.8. The van der Waals surface area contributed by atoms with Gasteiger partial charge in [0.1, 0.15) is 36.2 Å². The third-order valence-corrected chi connectivity index (χ3v) is 9.51. The smallest absolute Gasteiger partial charge is 0.508 e. The minimum Gasteiger partial charge on any atom is -0.508 e. The molecule has 0 aliphatic carbocycles. The fourth-order valence-corrected chi connectivity index (χ4v) is 7.70. The zero-order valence-electron chi connectivity index (χ0n) is 24.2. The maximum Gasteiger partial charge on any atom is 0.698 e. The van der Waals surface area contributed by atoms with Gasteiger partial charge in [-0.3, -0.25) is 0 Å². The molecule has 2 N–H and O–H groups in total. The quantitative estimate of drug-likeness (QED) is 0.137. The van der Waals surface area contributed by atoms with Crippen molar-refractivity contribution < 1.29 is 33.3 Å². The molecule has 7 nitrogen and oxygen atoms in total. The molecule has 0 saturated heterocycles. The molecule has 4 aromatic rings. The van der Waals surface area contributed by atoms with Gasteiger partial charge in [0.05, 0.1) is 17.9 Å². The molecule has 4 aromatic carbocycles. The van der Waals surface area contributed by atoms with E-state index in [1.54, 1.807) is 24.3 Å². The summed E-state index contributed by atoms with van der Waals surface area (Å²) in [6, 6.07) is 17.5. The number of phenols is 2. The van der Waals surface area contributed by atoms with Crippen LogP contribution in [0.15, 0.2) is 78.6 Å². The fourth-order valence-electron chi connectivity index (χ4n) is 4.23. The van der Waals surface area contributed by atoms with Crippen molar-refractivity contribution in [3.8, 4) is 34.5 Å². The first-order chi connectivity index (χ1) is 20.8. The predicted molar refractivity (Wildman–Crippen MR) is 185 cm³/mol. The number of aromatic hydroxyl groups is 2. The summed E-state index contributed by atoms with van der Waals surface area (Å²) < 4.78 is 38.4. The number of phenolic OH excluding ortho intramolecular Hbond substituents is 2. The van der Waals surface area contributed by atoms with Crippen LogP contribution in [-0.2, 0) is 26.8 Å². The van der Waals surface area contributed by atoms with Gasteiger partial charge in [0.25, 0.3) is 0 Å². The highest BCUT2D eigenvalue weighted by Crippen LogP contribution is 2.42. The van der Waals surface area contributed by atoms with E-state index in [2.05, 4.69) is 63.7 Å². The van der Waals surface area contributed by atoms with Crippen LogP contribution >= 0.6 is 72.0 Å². The Morgan fingerprint density at radius 1 is 0.614 bits per heavy atom. The minimum absolute atomic E-state index is 0.0502. The number of hydrogen-bond acceptors (Lipinski definition) is 7. The molecule has 0 bridgehead atoms. The lowest BCUT2D eigenvalue weighted by molar-refractivity contribution is 0.212. The van der Waals surface area contributed by atoms with E-state index in [0.717, 1.165) is 22.3 Å². The lowest BCUT2D eigenvalue weighted by Gasteiger charge is -2.14. The van der Waals surface area contributed by atoms with Gasteiger partial charge in [0.15, 0.2) is 11.5 Å². The van der Waals surface area contributed by atoms with Gasteiger partial charge in [-0.25, -0.2) is 0 Å². The third kappa shape index (κ3) is 9.06. The summed E-state index contributed by atoms with van der Waals surface area (Å²) in [6.45, 7) is 8.10. The van der Waals surface area contributed by atoms with Crippen LogP contribution in [0.3, 0.4) is 0 Å². The largest absolute Gasteiger partial charge is 0.698 e. The number of ether oxygens (including phenoxy) is 2. The van der Waals surface area contributed by atoms with Crippen LogP contribution in [0.5, 0.6) is 34.5 Å². The Morgan fingerprint density at radius 2 is 0.955 bits per heavy atom. The lowest BCUT2D eigenvalue weighted by atomic mass is 10.0. The molecule has 0 aliphatic rings. The second-order valence-electron chi connectivity index (χ2n) is 10.5. The third-order valence-electron chi connectivity index (χ3n) is 6.47. The van der Waals surface area contributed by atoms with E-state index in [1.165, 1.54) is 0 Å². The average Bonchev–Trinajstić information content (AvgIpc) is 2.96. The van der Waals surface area contributed by atoms with Crippen LogP contribution in [0, 0.1) is 0 Å². The summed E-state index contributed by atoms with van der Waals surface area (Å²) in [5, 5.41) is 20.2. The minimum atomic E-state index is -2.41. The highest BCUT2D eigenvalue weighted by atomic mass is 79.9. The normalized spacial score (nSPS) is 11.3. The predicted octanol–water partition coefficient (Wildman–Crippen LogP) is 12.4. The van der Waals surface area contributed by atoms with Gasteiger partial charge in [-0.05, 0) is 147 Å². The molecule has 0 aromatic heterocycles. The van der Waals surface area contributed by atoms with Gasteiger partial charge in [-0.15, -0.1) is 9.05 Å². The molecule has 0 unspecified atom stereocenters. The van der Waals surface area contributed by atoms with E-state index >= 15 is 0 Å². The van der Waals surface area contributed by atoms with Gasteiger partial charge in [-0.1, -0.05) is 27.7 Å². The summed E-state index contributed by atoms with van der Waals surface area (Å²) in [5.74, 6) is 3.03. The summed E-state index contributed by atoms with van der Waals surface area (Å²) in [5.41, 5.74) is 3.08. The van der Waals surface area contributed by atoms with Crippen LogP contribution in [0.4, 0.5) is 0 Å². The molecule has 0 fully saturated rings. The van der Waals surface area contributed by atoms with Crippen molar-refractivity contribution in [2.24, 2.45) is 0 Å². The van der Waals surface area contributed by atoms with Crippen molar-refractivity contribution in [2.75, 3.05) is 0 Å². The Hall–Kier alpha value is -1.98. The van der Waals surface area contributed by atoms with E-state index in [9.17, 15) is 14.8 Å². The molecule has 0 heterocycles. The second-order valence-corrected chi connectivity index (χ2v) is 14.9. The van der Waals surface area contributed by atoms with Crippen molar-refractivity contribution in [1.29, 1.82) is 0 Å². The molecule has 0 saturated carbocycles. The zero-order chi connectivity index (χ0) is 32.1. The Labute approximate surface area is 291 Å². The number of benzene rings is 4. The van der Waals surface area contributed by atoms with Crippen LogP contribution in [0.25, 0.3) is 0 Å². The van der Waals surface area contributed by atoms with Crippen molar-refractivity contribution >= 4 is 72.0 Å². The number of rotatable bonds is 12. The molecule has 0 atom stereocenters. The number of hydrogen-bond donors (Lipinski definition) is 2. The zero-order valence-corrected chi connectivity index (χ0v) is 31.5. The molecular formula is C32H30Br4O7P+. The lowest BCUT2D eigenvalue weighted by Crippen LogP contribution is -1.95. The van der Waals surface area contributed by atoms with Gasteiger partial charge >= 0.3 is 8.25 Å². The first-order valence-electron chi connectivity index (χ1n) is 13.5. The second kappa shape index (κ2) is 15.5. The highest BCUT2D eigenvalue weighted by molar-refractivity contribution is 9.11. The van der Waals surface area contributed by atoms with Crippen molar-refractivity contribution in [2.45, 2.75) is 52.7 Å². The van der Waals surface area contributed by atoms with Crippen LogP contribution in [0.1, 0.15) is 61.8 Å². The van der Waals surface area contributed by atoms with E-state index in [0.29, 0.717) is 40.9 Å². The Morgan fingerprint density at radius 3 is 1.27 bits per heavy atom. The van der Waals surface area contributed by atoms with Gasteiger partial charge < -0.3 is 19.7 Å². The molecule has 44 heavy (non-hydrogen) atoms. The average molecular weight is 877 g/mol. The van der Waals surface area contributed by atoms with E-state index in [1.807, 2.05) is 64.1 Å². The maximum absolute atomic E-state index is 12.5. The molecule has 0 radical (unpaired) electrons. The molecule has 0 amide bonds. The summed E-state index contributed by atoms with van der Waals surface area (Å²) in [6.07, 6.45) is 0. The Balaban J connectivity index is 1.34. The van der Waals surface area contributed by atoms with Crippen LogP contribution < -0.4 is 9.47 Å². The van der Waals surface area contributed by atoms with Crippen molar-refractivity contribution in [3.63, 3.8) is 0 Å². The van der Waals surface area contributed by atoms with Crippen LogP contribution in [0.2, 0.25) is 0 Å². The molecule has 0 spiro atoms. The van der Waals surface area contributed by atoms with Gasteiger partial charge in [0.2, 0.25) is 0 Å². The summed E-state index contributed by atoms with van der Waals surface area (Å²) in [7, 11) is -2.41. The molecular weight excluding hydrogens is 847 g/mol. The van der Waals surface area contributed by atoms with E-state index in [4.69, 9.17) is 18.5 Å². The molecule has 4 rings (SSSR count).